The van der Waals surface area contributed by atoms with Gasteiger partial charge in [0.25, 0.3) is 0 Å². The normalized spacial score (nSPS) is 11.5. The summed E-state index contributed by atoms with van der Waals surface area (Å²) in [5.74, 6) is -0.772. The highest BCUT2D eigenvalue weighted by Crippen LogP contribution is 2.08. The standard InChI is InChI=1S/C4H10.C2H5O5PS/c1-3-4-2;1-9(5,6)2-7-8(3)4/h3-4H2,1-2H3;2H2,1H3. The minimum Gasteiger partial charge on any atom is -0.566 e. The highest BCUT2D eigenvalue weighted by atomic mass is 32.2. The molecule has 80 valence electrons. The van der Waals surface area contributed by atoms with Crippen molar-refractivity contribution in [3.8, 4) is 0 Å². The lowest BCUT2D eigenvalue weighted by Crippen LogP contribution is -2.05. The molecule has 0 fully saturated rings. The summed E-state index contributed by atoms with van der Waals surface area (Å²) in [7, 11) is -6.37. The summed E-state index contributed by atoms with van der Waals surface area (Å²) in [6.45, 7) is 4.36. The first-order valence-electron chi connectivity index (χ1n) is 3.78. The molecule has 0 aromatic carbocycles. The Morgan fingerprint density at radius 2 is 1.69 bits per heavy atom. The molecule has 0 aromatic heterocycles. The third-order valence-electron chi connectivity index (χ3n) is 0.872. The van der Waals surface area contributed by atoms with Crippen molar-refractivity contribution in [2.75, 3.05) is 12.2 Å². The molecule has 0 aliphatic heterocycles. The van der Waals surface area contributed by atoms with E-state index in [0.29, 0.717) is 0 Å². The van der Waals surface area contributed by atoms with Gasteiger partial charge in [-0.2, -0.15) is 0 Å². The maximum Gasteiger partial charge on any atom is 0.489 e. The topological polar surface area (TPSA) is 83.5 Å². The van der Waals surface area contributed by atoms with E-state index in [1.807, 2.05) is 0 Å². The predicted molar refractivity (Wildman–Crippen MR) is 49.0 cm³/mol. The van der Waals surface area contributed by atoms with Gasteiger partial charge < -0.3 is 4.89 Å². The van der Waals surface area contributed by atoms with E-state index in [-0.39, 0.29) is 0 Å². The lowest BCUT2D eigenvalue weighted by Gasteiger charge is -1.88. The van der Waals surface area contributed by atoms with Crippen LogP contribution < -0.4 is 4.89 Å². The monoisotopic (exact) mass is 230 g/mol. The van der Waals surface area contributed by atoms with Gasteiger partial charge in [-0.3, -0.25) is 0 Å². The fourth-order valence-corrected chi connectivity index (χ4v) is 1.25. The molecule has 5 nitrogen and oxygen atoms in total. The Morgan fingerprint density at radius 1 is 1.31 bits per heavy atom. The van der Waals surface area contributed by atoms with Crippen molar-refractivity contribution in [2.24, 2.45) is 0 Å². The Hall–Kier alpha value is -0.0300. The van der Waals surface area contributed by atoms with E-state index in [2.05, 4.69) is 18.4 Å². The first-order valence-corrected chi connectivity index (χ1v) is 6.94. The average molecular weight is 230 g/mol. The highest BCUT2D eigenvalue weighted by molar-refractivity contribution is 7.90. The Bertz CT molecular complexity index is 221. The molecule has 0 saturated carbocycles. The second-order valence-corrected chi connectivity index (χ2v) is 5.19. The maximum absolute atomic E-state index is 10.1. The van der Waals surface area contributed by atoms with Crippen LogP contribution in [0.2, 0.25) is 0 Å². The highest BCUT2D eigenvalue weighted by Gasteiger charge is 2.08. The summed E-state index contributed by atoms with van der Waals surface area (Å²) in [6, 6.07) is 0. The van der Waals surface area contributed by atoms with Gasteiger partial charge in [-0.1, -0.05) is 26.7 Å². The Labute approximate surface area is 80.0 Å². The molecular weight excluding hydrogens is 215 g/mol. The average Bonchev–Trinajstić information content (AvgIpc) is 2.00. The third-order valence-corrected chi connectivity index (χ3v) is 1.93. The second-order valence-electron chi connectivity index (χ2n) is 2.40. The van der Waals surface area contributed by atoms with Gasteiger partial charge in [0.15, 0.2) is 9.84 Å². The van der Waals surface area contributed by atoms with Crippen molar-refractivity contribution in [1.82, 2.24) is 0 Å². The van der Waals surface area contributed by atoms with Gasteiger partial charge in [-0.05, 0) is 4.57 Å². The number of hydrogen-bond donors (Lipinski definition) is 0. The molecule has 1 unspecified atom stereocenters. The van der Waals surface area contributed by atoms with Gasteiger partial charge in [0.2, 0.25) is 5.94 Å². The van der Waals surface area contributed by atoms with E-state index >= 15 is 0 Å². The number of unbranched alkanes of at least 4 members (excludes halogenated alkanes) is 1. The quantitative estimate of drug-likeness (QED) is 0.668. The molecule has 0 aliphatic carbocycles. The minimum atomic E-state index is -3.33. The second kappa shape index (κ2) is 8.56. The molecule has 0 spiro atoms. The number of rotatable bonds is 4. The minimum absolute atomic E-state index is 0.772. The first kappa shape index (κ1) is 15.4. The molecule has 0 aromatic rings. The molecule has 0 rings (SSSR count). The zero-order chi connectivity index (χ0) is 10.9. The molecule has 0 N–H and O–H groups in total. The Morgan fingerprint density at radius 3 is 1.77 bits per heavy atom. The van der Waals surface area contributed by atoms with E-state index in [4.69, 9.17) is 0 Å². The maximum atomic E-state index is 10.1. The molecule has 0 amide bonds. The van der Waals surface area contributed by atoms with Crippen LogP contribution in [0.3, 0.4) is 0 Å². The summed E-state index contributed by atoms with van der Waals surface area (Å²) in [5.41, 5.74) is 0. The molecule has 0 bridgehead atoms. The van der Waals surface area contributed by atoms with Crippen molar-refractivity contribution < 1.29 is 22.4 Å². The van der Waals surface area contributed by atoms with Crippen molar-refractivity contribution in [2.45, 2.75) is 26.7 Å². The van der Waals surface area contributed by atoms with Crippen LogP contribution >= 0.6 is 8.25 Å². The van der Waals surface area contributed by atoms with Crippen molar-refractivity contribution in [1.29, 1.82) is 0 Å². The summed E-state index contributed by atoms with van der Waals surface area (Å²) in [5, 5.41) is 0. The SMILES string of the molecule is CCCC.CS(=O)(=O)CO[P+](=O)[O-]. The van der Waals surface area contributed by atoms with Gasteiger partial charge in [0, 0.05) is 6.26 Å². The van der Waals surface area contributed by atoms with Gasteiger partial charge in [-0.25, -0.2) is 8.42 Å². The van der Waals surface area contributed by atoms with Crippen LogP contribution in [0.25, 0.3) is 0 Å². The fraction of sp³-hybridized carbons (Fsp3) is 1.00. The number of hydrogen-bond acceptors (Lipinski definition) is 5. The summed E-state index contributed by atoms with van der Waals surface area (Å²) >= 11 is 0. The molecule has 0 saturated heterocycles. The van der Waals surface area contributed by atoms with Crippen molar-refractivity contribution in [3.05, 3.63) is 0 Å². The van der Waals surface area contributed by atoms with Crippen LogP contribution in [0.4, 0.5) is 0 Å². The van der Waals surface area contributed by atoms with Crippen LogP contribution in [0.5, 0.6) is 0 Å². The summed E-state index contributed by atoms with van der Waals surface area (Å²) < 4.78 is 33.7. The molecule has 7 heteroatoms. The van der Waals surface area contributed by atoms with Crippen LogP contribution in [0.1, 0.15) is 26.7 Å². The third kappa shape index (κ3) is 24.5. The van der Waals surface area contributed by atoms with Crippen LogP contribution in [0.15, 0.2) is 0 Å². The first-order chi connectivity index (χ1) is 5.83. The van der Waals surface area contributed by atoms with E-state index in [0.717, 1.165) is 6.26 Å². The Kier molecular flexibility index (Phi) is 10.2. The van der Waals surface area contributed by atoms with Gasteiger partial charge >= 0.3 is 8.25 Å². The van der Waals surface area contributed by atoms with Crippen LogP contribution in [-0.2, 0) is 18.9 Å². The zero-order valence-corrected chi connectivity index (χ0v) is 9.73. The molecule has 1 atom stereocenters. The van der Waals surface area contributed by atoms with Gasteiger partial charge in [-0.15, -0.1) is 4.52 Å². The van der Waals surface area contributed by atoms with E-state index in [9.17, 15) is 17.9 Å². The van der Waals surface area contributed by atoms with E-state index in [1.54, 1.807) is 0 Å². The molecule has 13 heavy (non-hydrogen) atoms. The lowest BCUT2D eigenvalue weighted by molar-refractivity contribution is -0.184. The van der Waals surface area contributed by atoms with Crippen molar-refractivity contribution >= 4 is 18.1 Å². The van der Waals surface area contributed by atoms with E-state index < -0.39 is 24.0 Å². The number of sulfone groups is 1. The van der Waals surface area contributed by atoms with Crippen LogP contribution in [-0.4, -0.2) is 20.6 Å². The predicted octanol–water partition coefficient (Wildman–Crippen LogP) is 0.829. The molecule has 0 radical (unpaired) electrons. The fourth-order valence-electron chi connectivity index (χ4n) is 0.139. The zero-order valence-electron chi connectivity index (χ0n) is 8.02. The molecular formula is C6H15O5PS. The molecule has 0 aliphatic rings. The smallest absolute Gasteiger partial charge is 0.489 e. The van der Waals surface area contributed by atoms with E-state index in [1.165, 1.54) is 12.8 Å². The summed E-state index contributed by atoms with van der Waals surface area (Å²) in [6.07, 6.45) is 3.52. The molecule has 0 heterocycles. The summed E-state index contributed by atoms with van der Waals surface area (Å²) in [4.78, 5) is 9.60. The lowest BCUT2D eigenvalue weighted by atomic mass is 10.4. The largest absolute Gasteiger partial charge is 0.566 e. The van der Waals surface area contributed by atoms with Gasteiger partial charge in [0.1, 0.15) is 0 Å². The van der Waals surface area contributed by atoms with Gasteiger partial charge in [0.05, 0.1) is 0 Å². The van der Waals surface area contributed by atoms with Crippen LogP contribution in [0, 0.1) is 0 Å². The Balaban J connectivity index is 0. The van der Waals surface area contributed by atoms with Crippen molar-refractivity contribution in [3.63, 3.8) is 0 Å².